The van der Waals surface area contributed by atoms with Gasteiger partial charge >= 0.3 is 6.09 Å². The molecular formula is C17H19NO3. The maximum absolute atomic E-state index is 11.4. The fraction of sp³-hybridized carbons (Fsp3) is 0.353. The first-order chi connectivity index (χ1) is 10.3. The molecule has 1 aromatic rings. The van der Waals surface area contributed by atoms with Gasteiger partial charge in [-0.25, -0.2) is 4.79 Å². The van der Waals surface area contributed by atoms with Crippen LogP contribution in [-0.2, 0) is 16.2 Å². The summed E-state index contributed by atoms with van der Waals surface area (Å²) >= 11 is 0. The number of ether oxygens (including phenoxy) is 1. The van der Waals surface area contributed by atoms with E-state index < -0.39 is 6.09 Å². The Morgan fingerprint density at radius 3 is 2.86 bits per heavy atom. The van der Waals surface area contributed by atoms with Crippen LogP contribution in [0.1, 0.15) is 31.2 Å². The largest absolute Gasteiger partial charge is 0.443 e. The SMILES string of the molecule is O=C(NOCC#CC1=CCCCC1)OCc1ccccc1. The summed E-state index contributed by atoms with van der Waals surface area (Å²) in [7, 11) is 0. The standard InChI is InChI=1S/C17H19NO3/c19-17(20-14-16-10-5-2-6-11-16)18-21-13-7-12-15-8-3-1-4-9-15/h2,5-6,8,10-11H,1,3-4,9,13-14H2,(H,18,19). The van der Waals surface area contributed by atoms with Crippen molar-refractivity contribution in [2.24, 2.45) is 0 Å². The third kappa shape index (κ3) is 6.15. The first-order valence-corrected chi connectivity index (χ1v) is 7.11. The van der Waals surface area contributed by atoms with Crippen molar-refractivity contribution >= 4 is 6.09 Å². The van der Waals surface area contributed by atoms with Crippen molar-refractivity contribution in [1.29, 1.82) is 0 Å². The molecule has 0 bridgehead atoms. The number of benzene rings is 1. The lowest BCUT2D eigenvalue weighted by molar-refractivity contribution is 0.0410. The molecule has 1 N–H and O–H groups in total. The molecule has 1 amide bonds. The van der Waals surface area contributed by atoms with Gasteiger partial charge in [0.2, 0.25) is 0 Å². The molecule has 2 rings (SSSR count). The maximum atomic E-state index is 11.4. The fourth-order valence-corrected chi connectivity index (χ4v) is 1.98. The molecule has 1 aliphatic carbocycles. The van der Waals surface area contributed by atoms with Crippen LogP contribution in [0.15, 0.2) is 42.0 Å². The second kappa shape index (κ2) is 8.83. The molecule has 1 aromatic carbocycles. The minimum absolute atomic E-state index is 0.151. The van der Waals surface area contributed by atoms with Gasteiger partial charge < -0.3 is 4.74 Å². The average molecular weight is 285 g/mol. The molecule has 0 saturated carbocycles. The van der Waals surface area contributed by atoms with E-state index in [9.17, 15) is 4.79 Å². The summed E-state index contributed by atoms with van der Waals surface area (Å²) in [5, 5.41) is 0. The van der Waals surface area contributed by atoms with Crippen LogP contribution in [-0.4, -0.2) is 12.7 Å². The van der Waals surface area contributed by atoms with Gasteiger partial charge in [-0.15, -0.1) is 0 Å². The van der Waals surface area contributed by atoms with Gasteiger partial charge in [0, 0.05) is 0 Å². The number of hydrogen-bond donors (Lipinski definition) is 1. The first kappa shape index (κ1) is 15.1. The minimum Gasteiger partial charge on any atom is -0.443 e. The monoisotopic (exact) mass is 285 g/mol. The van der Waals surface area contributed by atoms with Crippen LogP contribution < -0.4 is 5.48 Å². The summed E-state index contributed by atoms with van der Waals surface area (Å²) < 4.78 is 4.99. The molecule has 0 heterocycles. The van der Waals surface area contributed by atoms with Crippen molar-refractivity contribution < 1.29 is 14.4 Å². The molecule has 0 spiro atoms. The molecule has 0 aliphatic heterocycles. The van der Waals surface area contributed by atoms with Gasteiger partial charge in [0.15, 0.2) is 0 Å². The maximum Gasteiger partial charge on any atom is 0.431 e. The number of carbonyl (C=O) groups is 1. The number of hydrogen-bond acceptors (Lipinski definition) is 3. The quantitative estimate of drug-likeness (QED) is 0.524. The Bertz CT molecular complexity index is 540. The lowest BCUT2D eigenvalue weighted by atomic mass is 10.0. The molecule has 21 heavy (non-hydrogen) atoms. The number of amides is 1. The van der Waals surface area contributed by atoms with Gasteiger partial charge in [0.05, 0.1) is 0 Å². The normalized spacial score (nSPS) is 13.6. The van der Waals surface area contributed by atoms with Crippen LogP contribution in [0, 0.1) is 11.8 Å². The number of allylic oxidation sites excluding steroid dienone is 2. The van der Waals surface area contributed by atoms with E-state index in [1.165, 1.54) is 12.8 Å². The summed E-state index contributed by atoms with van der Waals surface area (Å²) in [6.07, 6.45) is 6.14. The highest BCUT2D eigenvalue weighted by atomic mass is 16.7. The van der Waals surface area contributed by atoms with Crippen molar-refractivity contribution in [3.63, 3.8) is 0 Å². The van der Waals surface area contributed by atoms with Gasteiger partial charge in [-0.3, -0.25) is 4.84 Å². The zero-order valence-corrected chi connectivity index (χ0v) is 11.9. The van der Waals surface area contributed by atoms with Crippen LogP contribution in [0.5, 0.6) is 0 Å². The Morgan fingerprint density at radius 1 is 1.24 bits per heavy atom. The Labute approximate surface area is 125 Å². The summed E-state index contributed by atoms with van der Waals surface area (Å²) in [4.78, 5) is 16.3. The Hall–Kier alpha value is -2.25. The second-order valence-corrected chi connectivity index (χ2v) is 4.73. The van der Waals surface area contributed by atoms with Gasteiger partial charge in [-0.2, -0.15) is 5.48 Å². The van der Waals surface area contributed by atoms with Gasteiger partial charge in [-0.1, -0.05) is 48.2 Å². The number of carbonyl (C=O) groups excluding carboxylic acids is 1. The first-order valence-electron chi connectivity index (χ1n) is 7.11. The molecule has 0 unspecified atom stereocenters. The zero-order chi connectivity index (χ0) is 14.8. The molecule has 1 aliphatic rings. The van der Waals surface area contributed by atoms with Crippen molar-refractivity contribution in [3.8, 4) is 11.8 Å². The zero-order valence-electron chi connectivity index (χ0n) is 11.9. The highest BCUT2D eigenvalue weighted by Crippen LogP contribution is 2.15. The van der Waals surface area contributed by atoms with E-state index in [4.69, 9.17) is 9.57 Å². The van der Waals surface area contributed by atoms with Crippen LogP contribution in [0.2, 0.25) is 0 Å². The summed E-state index contributed by atoms with van der Waals surface area (Å²) in [5.41, 5.74) is 4.30. The Kier molecular flexibility index (Phi) is 6.37. The van der Waals surface area contributed by atoms with Gasteiger partial charge in [0.25, 0.3) is 0 Å². The van der Waals surface area contributed by atoms with Crippen LogP contribution in [0.4, 0.5) is 4.79 Å². The third-order valence-corrected chi connectivity index (χ3v) is 3.05. The van der Waals surface area contributed by atoms with E-state index >= 15 is 0 Å². The molecule has 0 fully saturated rings. The molecule has 0 saturated heterocycles. The number of hydroxylamine groups is 1. The van der Waals surface area contributed by atoms with Gasteiger partial charge in [0.1, 0.15) is 13.2 Å². The molecule has 4 heteroatoms. The lowest BCUT2D eigenvalue weighted by Crippen LogP contribution is -2.24. The second-order valence-electron chi connectivity index (χ2n) is 4.73. The van der Waals surface area contributed by atoms with E-state index in [1.807, 2.05) is 30.3 Å². The summed E-state index contributed by atoms with van der Waals surface area (Å²) in [6.45, 7) is 0.367. The van der Waals surface area contributed by atoms with Gasteiger partial charge in [-0.05, 0) is 36.8 Å². The third-order valence-electron chi connectivity index (χ3n) is 3.05. The van der Waals surface area contributed by atoms with E-state index in [-0.39, 0.29) is 13.2 Å². The number of nitrogens with one attached hydrogen (secondary N) is 1. The minimum atomic E-state index is -0.613. The van der Waals surface area contributed by atoms with Crippen LogP contribution >= 0.6 is 0 Å². The van der Waals surface area contributed by atoms with E-state index in [2.05, 4.69) is 23.4 Å². The van der Waals surface area contributed by atoms with Crippen LogP contribution in [0.25, 0.3) is 0 Å². The Balaban J connectivity index is 1.59. The van der Waals surface area contributed by atoms with Crippen molar-refractivity contribution in [3.05, 3.63) is 47.5 Å². The summed E-state index contributed by atoms with van der Waals surface area (Å²) in [6, 6.07) is 9.47. The Morgan fingerprint density at radius 2 is 2.10 bits per heavy atom. The van der Waals surface area contributed by atoms with Crippen molar-refractivity contribution in [2.45, 2.75) is 32.3 Å². The average Bonchev–Trinajstić information content (AvgIpc) is 2.54. The highest BCUT2D eigenvalue weighted by Gasteiger charge is 2.02. The molecular weight excluding hydrogens is 266 g/mol. The fourth-order valence-electron chi connectivity index (χ4n) is 1.98. The van der Waals surface area contributed by atoms with E-state index in [0.29, 0.717) is 0 Å². The smallest absolute Gasteiger partial charge is 0.431 e. The molecule has 110 valence electrons. The molecule has 0 radical (unpaired) electrons. The molecule has 0 atom stereocenters. The topological polar surface area (TPSA) is 47.6 Å². The molecule has 0 aromatic heterocycles. The predicted molar refractivity (Wildman–Crippen MR) is 80.0 cm³/mol. The van der Waals surface area contributed by atoms with E-state index in [0.717, 1.165) is 24.0 Å². The molecule has 4 nitrogen and oxygen atoms in total. The number of rotatable bonds is 4. The lowest BCUT2D eigenvalue weighted by Gasteiger charge is -2.06. The predicted octanol–water partition coefficient (Wildman–Crippen LogP) is 3.35. The van der Waals surface area contributed by atoms with Crippen LogP contribution in [0.3, 0.4) is 0 Å². The van der Waals surface area contributed by atoms with E-state index in [1.54, 1.807) is 0 Å². The highest BCUT2D eigenvalue weighted by molar-refractivity contribution is 5.65. The van der Waals surface area contributed by atoms with Crippen molar-refractivity contribution in [2.75, 3.05) is 6.61 Å². The summed E-state index contributed by atoms with van der Waals surface area (Å²) in [5.74, 6) is 5.92. The van der Waals surface area contributed by atoms with Crippen molar-refractivity contribution in [1.82, 2.24) is 5.48 Å².